The van der Waals surface area contributed by atoms with Gasteiger partial charge in [-0.15, -0.1) is 0 Å². The summed E-state index contributed by atoms with van der Waals surface area (Å²) in [6, 6.07) is 6.65. The molecule has 20 nitrogen and oxygen atoms in total. The Morgan fingerprint density at radius 3 is 2.12 bits per heavy atom. The van der Waals surface area contributed by atoms with E-state index in [9.17, 15) is 38.7 Å². The molecule has 3 fully saturated rings. The van der Waals surface area contributed by atoms with Crippen molar-refractivity contribution in [2.45, 2.75) is 190 Å². The maximum absolute atomic E-state index is 14.2. The van der Waals surface area contributed by atoms with E-state index in [-0.39, 0.29) is 48.2 Å². The summed E-state index contributed by atoms with van der Waals surface area (Å²) in [6.07, 6.45) is -5.29. The van der Waals surface area contributed by atoms with Crippen molar-refractivity contribution in [2.24, 2.45) is 17.8 Å². The lowest BCUT2D eigenvalue weighted by Crippen LogP contribution is -2.60. The van der Waals surface area contributed by atoms with Gasteiger partial charge in [0.15, 0.2) is 12.6 Å². The first-order valence-corrected chi connectivity index (χ1v) is 25.4. The molecule has 3 aliphatic heterocycles. The van der Waals surface area contributed by atoms with Gasteiger partial charge in [-0.05, 0) is 125 Å². The second-order valence-electron chi connectivity index (χ2n) is 20.4. The smallest absolute Gasteiger partial charge is 0.311 e. The van der Waals surface area contributed by atoms with E-state index in [1.54, 1.807) is 47.6 Å². The number of aliphatic hydroxyl groups is 5. The minimum Gasteiger partial charge on any atom is -0.459 e. The lowest BCUT2D eigenvalue weighted by atomic mass is 9.77. The van der Waals surface area contributed by atoms with Gasteiger partial charge < -0.3 is 69.5 Å². The Kier molecular flexibility index (Phi) is 20.4. The van der Waals surface area contributed by atoms with Crippen LogP contribution in [0.3, 0.4) is 0 Å². The molecular weight excluding hydrogens is 917 g/mol. The number of anilines is 2. The number of sulfonamides is 1. The number of hydrogen-bond acceptors (Lipinski definition) is 19. The van der Waals surface area contributed by atoms with Crippen LogP contribution in [-0.4, -0.2) is 185 Å². The van der Waals surface area contributed by atoms with Gasteiger partial charge >= 0.3 is 5.97 Å². The van der Waals surface area contributed by atoms with Gasteiger partial charge in [-0.2, -0.15) is 0 Å². The summed E-state index contributed by atoms with van der Waals surface area (Å²) >= 11 is 0. The third-order valence-electron chi connectivity index (χ3n) is 14.2. The van der Waals surface area contributed by atoms with Crippen LogP contribution in [0.5, 0.6) is 0 Å². The molecule has 0 aliphatic carbocycles. The summed E-state index contributed by atoms with van der Waals surface area (Å²) in [5.41, 5.74) is 1.61. The van der Waals surface area contributed by atoms with Gasteiger partial charge in [-0.25, -0.2) is 23.1 Å². The van der Waals surface area contributed by atoms with Crippen LogP contribution < -0.4 is 10.5 Å². The number of rotatable bonds is 10. The summed E-state index contributed by atoms with van der Waals surface area (Å²) in [7, 11) is 3.46. The highest BCUT2D eigenvalue weighted by Gasteiger charge is 2.52. The number of cyclic esters (lactones) is 1. The molecule has 3 aliphatic rings. The number of nitrogens with two attached hydrogens (primary N) is 1. The molecule has 18 atom stereocenters. The maximum Gasteiger partial charge on any atom is 0.311 e. The number of ether oxygens (including phenoxy) is 6. The first kappa shape index (κ1) is 58.4. The van der Waals surface area contributed by atoms with Crippen molar-refractivity contribution in [2.75, 3.05) is 45.3 Å². The molecule has 1 aromatic heterocycles. The normalized spacial score (nSPS) is 40.1. The minimum absolute atomic E-state index is 0.0318. The van der Waals surface area contributed by atoms with Gasteiger partial charge in [0.05, 0.1) is 46.4 Å². The fraction of sp³-hybridized carbons (Fsp3) is 0.771. The highest BCUT2D eigenvalue weighted by Crippen LogP contribution is 2.40. The molecule has 8 unspecified atom stereocenters. The van der Waals surface area contributed by atoms with E-state index in [0.29, 0.717) is 18.7 Å². The molecule has 4 heterocycles. The number of carbonyl (C=O) groups is 1. The molecule has 0 amide bonds. The minimum atomic E-state index is -3.66. The Bertz CT molecular complexity index is 2020. The topological polar surface area (TPSA) is 278 Å². The SMILES string of the molecule is CC[C@H]1OC(=O)[C@H](C)[C@@H](OC2CC(C)(OC)C(O)C(C)O2)[C@H](C)[C@@H](OC2OC(C)CC(N(C)C)C2O)[C@](C)(O)C[C@@H](C)CN(C)[C@H](C)[C@@H](O)[C@]1(C)O.Nc1ccc(S(=O)(=O)Nc2ncccn2)cc1. The summed E-state index contributed by atoms with van der Waals surface area (Å²) in [5, 5.41) is 58.1. The van der Waals surface area contributed by atoms with Crippen LogP contribution in [0, 0.1) is 17.8 Å². The number of esters is 1. The number of nitrogens with one attached hydrogen (secondary N) is 1. The largest absolute Gasteiger partial charge is 0.459 e. The average molecular weight is 999 g/mol. The molecule has 0 saturated carbocycles. The summed E-state index contributed by atoms with van der Waals surface area (Å²) in [4.78, 5) is 25.7. The van der Waals surface area contributed by atoms with E-state index >= 15 is 0 Å². The lowest BCUT2D eigenvalue weighted by molar-refractivity contribution is -0.318. The molecule has 3 saturated heterocycles. The van der Waals surface area contributed by atoms with Crippen molar-refractivity contribution in [1.29, 1.82) is 0 Å². The van der Waals surface area contributed by atoms with Crippen molar-refractivity contribution in [3.05, 3.63) is 42.7 Å². The van der Waals surface area contributed by atoms with Gasteiger partial charge in [0.1, 0.15) is 30.0 Å². The van der Waals surface area contributed by atoms with Gasteiger partial charge in [0, 0.05) is 56.2 Å². The Morgan fingerprint density at radius 1 is 0.942 bits per heavy atom. The van der Waals surface area contributed by atoms with Crippen LogP contribution in [0.4, 0.5) is 11.6 Å². The van der Waals surface area contributed by atoms with E-state index in [1.165, 1.54) is 50.7 Å². The van der Waals surface area contributed by atoms with Gasteiger partial charge in [-0.1, -0.05) is 20.8 Å². The molecule has 0 radical (unpaired) electrons. The van der Waals surface area contributed by atoms with E-state index in [4.69, 9.17) is 34.2 Å². The van der Waals surface area contributed by atoms with Crippen molar-refractivity contribution < 1.29 is 67.2 Å². The van der Waals surface area contributed by atoms with Crippen LogP contribution in [0.15, 0.2) is 47.6 Å². The number of aliphatic hydroxyl groups excluding tert-OH is 3. The number of carbonyl (C=O) groups excluding carboxylic acids is 1. The first-order valence-electron chi connectivity index (χ1n) is 23.9. The molecule has 69 heavy (non-hydrogen) atoms. The second kappa shape index (κ2) is 24.0. The van der Waals surface area contributed by atoms with Crippen LogP contribution >= 0.6 is 0 Å². The number of likely N-dealkylation sites (N-methyl/N-ethyl adjacent to an activating group) is 2. The van der Waals surface area contributed by atoms with Gasteiger partial charge in [-0.3, -0.25) is 4.79 Å². The monoisotopic (exact) mass is 999 g/mol. The standard InChI is InChI=1S/C38H72N2O12.C10H10N4O2S/c1-15-27-38(10,46)31(42)24(6)40(13)19-20(2)17-36(8,45)33(52-35-29(41)26(39(11)12)16-21(3)48-35)22(4)30(23(5)34(44)50-27)51-28-18-37(9,47-14)32(43)25(7)49-28;11-8-2-4-9(5-3-8)17(15,16)14-10-12-6-1-7-13-10/h20-33,35,41-43,45-46H,15-19H2,1-14H3;1-7H,11H2,(H,12,13,14)/t20-,21?,22+,23-,24-,25?,26?,27-,28?,29?,30+,31-,32?,33-,35?,36-,37?,38-;/m1./s1. The number of aromatic nitrogens is 2. The molecule has 21 heteroatoms. The van der Waals surface area contributed by atoms with Gasteiger partial charge in [0.25, 0.3) is 10.0 Å². The van der Waals surface area contributed by atoms with E-state index in [0.717, 1.165) is 0 Å². The zero-order valence-electron chi connectivity index (χ0n) is 42.9. The number of benzene rings is 1. The van der Waals surface area contributed by atoms with E-state index in [2.05, 4.69) is 14.7 Å². The Morgan fingerprint density at radius 2 is 1.55 bits per heavy atom. The van der Waals surface area contributed by atoms with E-state index < -0.39 is 106 Å². The number of nitrogen functional groups attached to an aromatic ring is 1. The molecule has 0 spiro atoms. The van der Waals surface area contributed by atoms with Crippen molar-refractivity contribution >= 4 is 27.6 Å². The molecule has 394 valence electrons. The lowest BCUT2D eigenvalue weighted by Gasteiger charge is -2.48. The highest BCUT2D eigenvalue weighted by atomic mass is 32.2. The fourth-order valence-electron chi connectivity index (χ4n) is 9.91. The summed E-state index contributed by atoms with van der Waals surface area (Å²) in [5.74, 6) is -2.55. The third kappa shape index (κ3) is 14.5. The first-order chi connectivity index (χ1) is 32.0. The maximum atomic E-state index is 14.2. The number of methoxy groups -OCH3 is 1. The van der Waals surface area contributed by atoms with Crippen molar-refractivity contribution in [3.63, 3.8) is 0 Å². The van der Waals surface area contributed by atoms with Crippen molar-refractivity contribution in [1.82, 2.24) is 19.8 Å². The van der Waals surface area contributed by atoms with Crippen LogP contribution in [0.2, 0.25) is 0 Å². The van der Waals surface area contributed by atoms with Crippen molar-refractivity contribution in [3.8, 4) is 0 Å². The quantitative estimate of drug-likeness (QED) is 0.133. The predicted molar refractivity (Wildman–Crippen MR) is 258 cm³/mol. The highest BCUT2D eigenvalue weighted by molar-refractivity contribution is 7.92. The molecule has 1 aromatic carbocycles. The zero-order valence-corrected chi connectivity index (χ0v) is 43.7. The van der Waals surface area contributed by atoms with E-state index in [1.807, 2.05) is 51.7 Å². The Labute approximate surface area is 409 Å². The Balaban J connectivity index is 0.000000507. The van der Waals surface area contributed by atoms with Crippen LogP contribution in [0.25, 0.3) is 0 Å². The molecule has 2 aromatic rings. The summed E-state index contributed by atoms with van der Waals surface area (Å²) in [6.45, 7) is 18.0. The predicted octanol–water partition coefficient (Wildman–Crippen LogP) is 2.76. The van der Waals surface area contributed by atoms with Crippen LogP contribution in [-0.2, 0) is 43.2 Å². The zero-order chi connectivity index (χ0) is 52.0. The van der Waals surface area contributed by atoms with Gasteiger partial charge in [0.2, 0.25) is 5.95 Å². The van der Waals surface area contributed by atoms with Crippen LogP contribution in [0.1, 0.15) is 94.9 Å². The second-order valence-corrected chi connectivity index (χ2v) is 22.1. The summed E-state index contributed by atoms with van der Waals surface area (Å²) < 4.78 is 63.6. The fourth-order valence-corrected chi connectivity index (χ4v) is 10.9. The Hall–Kier alpha value is -3.16. The molecular formula is C48H82N6O14S. The number of hydrogen-bond donors (Lipinski definition) is 7. The molecule has 8 N–H and O–H groups in total. The third-order valence-corrected chi connectivity index (χ3v) is 15.5. The average Bonchev–Trinajstić information content (AvgIpc) is 3.27. The molecule has 0 bridgehead atoms. The molecule has 5 rings (SSSR count). The number of nitrogens with zero attached hydrogens (tertiary/aromatic N) is 4.